The minimum Gasteiger partial charge on any atom is -0.273 e. The fraction of sp³-hybridized carbons (Fsp3) is 0.214. The van der Waals surface area contributed by atoms with Crippen molar-refractivity contribution in [2.45, 2.75) is 19.1 Å². The van der Waals surface area contributed by atoms with Crippen molar-refractivity contribution in [3.63, 3.8) is 0 Å². The van der Waals surface area contributed by atoms with Crippen molar-refractivity contribution in [2.24, 2.45) is 0 Å². The van der Waals surface area contributed by atoms with E-state index in [1.165, 1.54) is 0 Å². The number of hydrazine groups is 1. The van der Waals surface area contributed by atoms with E-state index in [4.69, 9.17) is 0 Å². The summed E-state index contributed by atoms with van der Waals surface area (Å²) in [6.07, 6.45) is -3.46. The van der Waals surface area contributed by atoms with Gasteiger partial charge in [0.2, 0.25) is 5.91 Å². The van der Waals surface area contributed by atoms with Gasteiger partial charge < -0.3 is 0 Å². The summed E-state index contributed by atoms with van der Waals surface area (Å²) in [4.78, 5) is 23.2. The average Bonchev–Trinajstić information content (AvgIpc) is 2.95. The Kier molecular flexibility index (Phi) is 4.99. The molecule has 6 nitrogen and oxygen atoms in total. The van der Waals surface area contributed by atoms with Crippen LogP contribution in [0.15, 0.2) is 42.6 Å². The maximum atomic E-state index is 12.4. The van der Waals surface area contributed by atoms with Gasteiger partial charge in [-0.2, -0.15) is 18.3 Å². The number of nitrogens with one attached hydrogen (secondary N) is 2. The van der Waals surface area contributed by atoms with Gasteiger partial charge >= 0.3 is 6.18 Å². The number of rotatable bonds is 4. The Hall–Kier alpha value is -2.84. The second-order valence-corrected chi connectivity index (χ2v) is 4.66. The van der Waals surface area contributed by atoms with Crippen molar-refractivity contribution >= 4 is 11.8 Å². The molecule has 23 heavy (non-hydrogen) atoms. The number of halogens is 3. The first-order valence-corrected chi connectivity index (χ1v) is 6.57. The molecule has 0 atom stereocenters. The molecule has 2 amide bonds. The zero-order chi connectivity index (χ0) is 16.9. The highest BCUT2D eigenvalue weighted by Crippen LogP contribution is 2.27. The molecule has 0 aliphatic carbocycles. The number of carbonyl (C=O) groups is 2. The summed E-state index contributed by atoms with van der Waals surface area (Å²) in [5, 5.41) is 3.23. The first-order valence-electron chi connectivity index (χ1n) is 6.57. The minimum absolute atomic E-state index is 0.0705. The van der Waals surface area contributed by atoms with Gasteiger partial charge in [-0.05, 0) is 11.6 Å². The molecule has 0 spiro atoms. The van der Waals surface area contributed by atoms with Gasteiger partial charge in [-0.3, -0.25) is 25.1 Å². The number of alkyl halides is 3. The van der Waals surface area contributed by atoms with Crippen LogP contribution < -0.4 is 10.9 Å². The number of nitrogens with zero attached hydrogens (tertiary/aromatic N) is 2. The van der Waals surface area contributed by atoms with E-state index in [1.807, 2.05) is 6.07 Å². The third kappa shape index (κ3) is 5.13. The molecule has 0 radical (unpaired) electrons. The Balaban J connectivity index is 1.79. The first-order chi connectivity index (χ1) is 10.8. The topological polar surface area (TPSA) is 76.0 Å². The summed E-state index contributed by atoms with van der Waals surface area (Å²) in [5.41, 5.74) is 3.99. The van der Waals surface area contributed by atoms with Crippen molar-refractivity contribution in [3.05, 3.63) is 53.9 Å². The standard InChI is InChI=1S/C14H13F3N4O2/c15-14(16,17)11-6-7-21(20-11)9-13(23)19-18-12(22)8-10-4-2-1-3-5-10/h1-7H,8-9H2,(H,18,22)(H,19,23). The number of hydrogen-bond acceptors (Lipinski definition) is 3. The second-order valence-electron chi connectivity index (χ2n) is 4.66. The van der Waals surface area contributed by atoms with E-state index in [0.29, 0.717) is 0 Å². The van der Waals surface area contributed by atoms with Crippen LogP contribution in [-0.4, -0.2) is 21.6 Å². The van der Waals surface area contributed by atoms with Gasteiger partial charge in [0.25, 0.3) is 5.91 Å². The monoisotopic (exact) mass is 326 g/mol. The van der Waals surface area contributed by atoms with Crippen LogP contribution in [0.25, 0.3) is 0 Å². The first kappa shape index (κ1) is 16.5. The maximum absolute atomic E-state index is 12.4. The molecule has 1 heterocycles. The molecule has 0 bridgehead atoms. The largest absolute Gasteiger partial charge is 0.435 e. The van der Waals surface area contributed by atoms with E-state index in [1.54, 1.807) is 24.3 Å². The van der Waals surface area contributed by atoms with Gasteiger partial charge in [0, 0.05) is 6.20 Å². The molecule has 0 saturated carbocycles. The Labute approximate surface area is 129 Å². The van der Waals surface area contributed by atoms with E-state index in [9.17, 15) is 22.8 Å². The summed E-state index contributed by atoms with van der Waals surface area (Å²) in [7, 11) is 0. The van der Waals surface area contributed by atoms with Gasteiger partial charge in [-0.1, -0.05) is 30.3 Å². The van der Waals surface area contributed by atoms with Crippen LogP contribution in [0.1, 0.15) is 11.3 Å². The van der Waals surface area contributed by atoms with Crippen LogP contribution >= 0.6 is 0 Å². The van der Waals surface area contributed by atoms with Crippen LogP contribution in [0.3, 0.4) is 0 Å². The summed E-state index contributed by atoms with van der Waals surface area (Å²) in [6, 6.07) is 9.63. The highest BCUT2D eigenvalue weighted by molar-refractivity contribution is 5.83. The molecule has 0 saturated heterocycles. The molecule has 122 valence electrons. The smallest absolute Gasteiger partial charge is 0.273 e. The molecule has 0 aliphatic heterocycles. The van der Waals surface area contributed by atoms with Crippen molar-refractivity contribution < 1.29 is 22.8 Å². The summed E-state index contributed by atoms with van der Waals surface area (Å²) >= 11 is 0. The lowest BCUT2D eigenvalue weighted by molar-refractivity contribution is -0.141. The lowest BCUT2D eigenvalue weighted by atomic mass is 10.1. The molecule has 0 unspecified atom stereocenters. The van der Waals surface area contributed by atoms with Crippen molar-refractivity contribution in [3.8, 4) is 0 Å². The highest BCUT2D eigenvalue weighted by atomic mass is 19.4. The fourth-order valence-electron chi connectivity index (χ4n) is 1.75. The predicted molar refractivity (Wildman–Crippen MR) is 73.7 cm³/mol. The third-order valence-corrected chi connectivity index (χ3v) is 2.79. The zero-order valence-corrected chi connectivity index (χ0v) is 11.8. The van der Waals surface area contributed by atoms with E-state index < -0.39 is 30.2 Å². The lowest BCUT2D eigenvalue weighted by Gasteiger charge is -2.07. The molecule has 2 aromatic rings. The second kappa shape index (κ2) is 6.95. The number of benzene rings is 1. The Bertz CT molecular complexity index is 683. The van der Waals surface area contributed by atoms with Gasteiger partial charge in [-0.25, -0.2) is 0 Å². The summed E-state index contributed by atoms with van der Waals surface area (Å²) < 4.78 is 37.9. The van der Waals surface area contributed by atoms with Crippen LogP contribution in [-0.2, 0) is 28.7 Å². The average molecular weight is 326 g/mol. The van der Waals surface area contributed by atoms with Crippen LogP contribution in [0.4, 0.5) is 13.2 Å². The number of amides is 2. The number of hydrogen-bond donors (Lipinski definition) is 2. The van der Waals surface area contributed by atoms with E-state index in [2.05, 4.69) is 16.0 Å². The van der Waals surface area contributed by atoms with Gasteiger partial charge in [0.05, 0.1) is 6.42 Å². The predicted octanol–water partition coefficient (Wildman–Crippen LogP) is 1.29. The zero-order valence-electron chi connectivity index (χ0n) is 11.8. The van der Waals surface area contributed by atoms with E-state index >= 15 is 0 Å². The van der Waals surface area contributed by atoms with E-state index in [-0.39, 0.29) is 6.42 Å². The summed E-state index contributed by atoms with van der Waals surface area (Å²) in [6.45, 7) is -0.443. The molecule has 2 rings (SSSR count). The Morgan fingerprint density at radius 1 is 1.04 bits per heavy atom. The molecular formula is C14H13F3N4O2. The van der Waals surface area contributed by atoms with Gasteiger partial charge in [-0.15, -0.1) is 0 Å². The van der Waals surface area contributed by atoms with E-state index in [0.717, 1.165) is 22.5 Å². The molecule has 1 aromatic carbocycles. The van der Waals surface area contributed by atoms with Crippen LogP contribution in [0.5, 0.6) is 0 Å². The molecule has 1 aromatic heterocycles. The Morgan fingerprint density at radius 3 is 2.30 bits per heavy atom. The minimum atomic E-state index is -4.56. The van der Waals surface area contributed by atoms with Crippen LogP contribution in [0.2, 0.25) is 0 Å². The summed E-state index contributed by atoms with van der Waals surface area (Å²) in [5.74, 6) is -1.13. The maximum Gasteiger partial charge on any atom is 0.435 e. The molecular weight excluding hydrogens is 313 g/mol. The van der Waals surface area contributed by atoms with Gasteiger partial charge in [0.1, 0.15) is 6.54 Å². The molecule has 0 fully saturated rings. The van der Waals surface area contributed by atoms with Crippen molar-refractivity contribution in [2.75, 3.05) is 0 Å². The third-order valence-electron chi connectivity index (χ3n) is 2.79. The number of carbonyl (C=O) groups excluding carboxylic acids is 2. The molecule has 2 N–H and O–H groups in total. The molecule has 9 heteroatoms. The van der Waals surface area contributed by atoms with Gasteiger partial charge in [0.15, 0.2) is 5.69 Å². The quantitative estimate of drug-likeness (QED) is 0.832. The highest BCUT2D eigenvalue weighted by Gasteiger charge is 2.33. The van der Waals surface area contributed by atoms with Crippen LogP contribution in [0, 0.1) is 0 Å². The fourth-order valence-corrected chi connectivity index (χ4v) is 1.75. The molecule has 0 aliphatic rings. The van der Waals surface area contributed by atoms with Crippen molar-refractivity contribution in [1.29, 1.82) is 0 Å². The normalized spacial score (nSPS) is 11.1. The number of aromatic nitrogens is 2. The Morgan fingerprint density at radius 2 is 1.70 bits per heavy atom. The SMILES string of the molecule is O=C(Cc1ccccc1)NNC(=O)Cn1ccc(C(F)(F)F)n1. The lowest BCUT2D eigenvalue weighted by Crippen LogP contribution is -2.43. The van der Waals surface area contributed by atoms with Crippen molar-refractivity contribution in [1.82, 2.24) is 20.6 Å².